The molecule has 0 unspecified atom stereocenters. The SMILES string of the molecule is Brc1cccc(SCCNCC2CC2)c1. The molecule has 3 heteroatoms. The largest absolute Gasteiger partial charge is 0.316 e. The van der Waals surface area contributed by atoms with E-state index in [1.165, 1.54) is 28.8 Å². The summed E-state index contributed by atoms with van der Waals surface area (Å²) in [5, 5.41) is 3.50. The predicted molar refractivity (Wildman–Crippen MR) is 70.5 cm³/mol. The fourth-order valence-electron chi connectivity index (χ4n) is 1.43. The Morgan fingerprint density at radius 2 is 2.27 bits per heavy atom. The standard InChI is InChI=1S/C12H16BrNS/c13-11-2-1-3-12(8-11)15-7-6-14-9-10-4-5-10/h1-3,8,10,14H,4-7,9H2. The average molecular weight is 286 g/mol. The molecule has 2 rings (SSSR count). The molecule has 1 saturated carbocycles. The smallest absolute Gasteiger partial charge is 0.0186 e. The van der Waals surface area contributed by atoms with Crippen LogP contribution in [0.3, 0.4) is 0 Å². The lowest BCUT2D eigenvalue weighted by Gasteiger charge is -2.03. The molecule has 1 nitrogen and oxygen atoms in total. The minimum absolute atomic E-state index is 0.987. The van der Waals surface area contributed by atoms with Gasteiger partial charge in [0, 0.05) is 21.7 Å². The van der Waals surface area contributed by atoms with Crippen LogP contribution in [0, 0.1) is 5.92 Å². The Morgan fingerprint density at radius 1 is 1.40 bits per heavy atom. The van der Waals surface area contributed by atoms with E-state index in [-0.39, 0.29) is 0 Å². The van der Waals surface area contributed by atoms with Gasteiger partial charge in [0.1, 0.15) is 0 Å². The summed E-state index contributed by atoms with van der Waals surface area (Å²) >= 11 is 5.40. The first-order chi connectivity index (χ1) is 7.34. The van der Waals surface area contributed by atoms with Gasteiger partial charge in [-0.25, -0.2) is 0 Å². The van der Waals surface area contributed by atoms with E-state index in [0.29, 0.717) is 0 Å². The highest BCUT2D eigenvalue weighted by Gasteiger charge is 2.19. The molecule has 1 aliphatic carbocycles. The van der Waals surface area contributed by atoms with Gasteiger partial charge in [0.15, 0.2) is 0 Å². The fraction of sp³-hybridized carbons (Fsp3) is 0.500. The zero-order valence-corrected chi connectivity index (χ0v) is 11.1. The van der Waals surface area contributed by atoms with Crippen LogP contribution in [-0.4, -0.2) is 18.8 Å². The highest BCUT2D eigenvalue weighted by atomic mass is 79.9. The minimum atomic E-state index is 0.987. The molecule has 0 radical (unpaired) electrons. The van der Waals surface area contributed by atoms with Crippen molar-refractivity contribution in [2.24, 2.45) is 5.92 Å². The highest BCUT2D eigenvalue weighted by molar-refractivity contribution is 9.10. The average Bonchev–Trinajstić information content (AvgIpc) is 3.01. The molecule has 1 aromatic carbocycles. The maximum absolute atomic E-state index is 3.50. The van der Waals surface area contributed by atoms with Crippen LogP contribution in [0.4, 0.5) is 0 Å². The Kier molecular flexibility index (Phi) is 4.54. The molecule has 1 fully saturated rings. The normalized spacial score (nSPS) is 15.5. The Morgan fingerprint density at radius 3 is 3.00 bits per heavy atom. The van der Waals surface area contributed by atoms with Crippen molar-refractivity contribution in [3.05, 3.63) is 28.7 Å². The third kappa shape index (κ3) is 4.58. The van der Waals surface area contributed by atoms with Gasteiger partial charge in [-0.15, -0.1) is 11.8 Å². The third-order valence-corrected chi connectivity index (χ3v) is 3.96. The van der Waals surface area contributed by atoms with Crippen LogP contribution in [0.2, 0.25) is 0 Å². The van der Waals surface area contributed by atoms with Crippen molar-refractivity contribution in [1.29, 1.82) is 0 Å². The fourth-order valence-corrected chi connectivity index (χ4v) is 2.84. The molecule has 0 spiro atoms. The number of nitrogens with one attached hydrogen (secondary N) is 1. The van der Waals surface area contributed by atoms with Crippen LogP contribution in [0.1, 0.15) is 12.8 Å². The number of halogens is 1. The summed E-state index contributed by atoms with van der Waals surface area (Å²) in [6.07, 6.45) is 2.87. The zero-order chi connectivity index (χ0) is 10.5. The van der Waals surface area contributed by atoms with Crippen molar-refractivity contribution in [1.82, 2.24) is 5.32 Å². The maximum Gasteiger partial charge on any atom is 0.0186 e. The summed E-state index contributed by atoms with van der Waals surface area (Å²) in [7, 11) is 0. The van der Waals surface area contributed by atoms with Crippen molar-refractivity contribution in [2.45, 2.75) is 17.7 Å². The van der Waals surface area contributed by atoms with Gasteiger partial charge in [0.2, 0.25) is 0 Å². The molecule has 0 bridgehead atoms. The number of thioether (sulfide) groups is 1. The number of rotatable bonds is 6. The maximum atomic E-state index is 3.50. The molecule has 0 aliphatic heterocycles. The Hall–Kier alpha value is 0.01000. The molecule has 1 N–H and O–H groups in total. The van der Waals surface area contributed by atoms with Gasteiger partial charge in [0.05, 0.1) is 0 Å². The van der Waals surface area contributed by atoms with Crippen LogP contribution >= 0.6 is 27.7 Å². The quantitative estimate of drug-likeness (QED) is 0.634. The summed E-state index contributed by atoms with van der Waals surface area (Å²) in [5.41, 5.74) is 0. The molecular formula is C12H16BrNS. The molecule has 1 aliphatic rings. The van der Waals surface area contributed by atoms with E-state index >= 15 is 0 Å². The third-order valence-electron chi connectivity index (χ3n) is 2.47. The number of hydrogen-bond acceptors (Lipinski definition) is 2. The first-order valence-electron chi connectivity index (χ1n) is 5.44. The van der Waals surface area contributed by atoms with Crippen molar-refractivity contribution in [2.75, 3.05) is 18.8 Å². The second kappa shape index (κ2) is 5.92. The molecule has 1 aromatic rings. The van der Waals surface area contributed by atoms with Gasteiger partial charge in [-0.05, 0) is 43.5 Å². The highest BCUT2D eigenvalue weighted by Crippen LogP contribution is 2.27. The Bertz CT molecular complexity index is 312. The van der Waals surface area contributed by atoms with E-state index in [9.17, 15) is 0 Å². The lowest BCUT2D eigenvalue weighted by molar-refractivity contribution is 0.666. The molecule has 0 amide bonds. The second-order valence-electron chi connectivity index (χ2n) is 3.95. The summed E-state index contributed by atoms with van der Waals surface area (Å²) < 4.78 is 1.17. The summed E-state index contributed by atoms with van der Waals surface area (Å²) in [4.78, 5) is 1.34. The molecule has 0 heterocycles. The van der Waals surface area contributed by atoms with E-state index in [1.54, 1.807) is 0 Å². The van der Waals surface area contributed by atoms with Gasteiger partial charge in [-0.1, -0.05) is 22.0 Å². The number of hydrogen-bond donors (Lipinski definition) is 1. The first-order valence-corrected chi connectivity index (χ1v) is 7.21. The summed E-state index contributed by atoms with van der Waals surface area (Å²) in [5.74, 6) is 2.14. The van der Waals surface area contributed by atoms with Gasteiger partial charge in [-0.3, -0.25) is 0 Å². The lowest BCUT2D eigenvalue weighted by atomic mass is 10.4. The Labute approximate surface area is 104 Å². The Balaban J connectivity index is 1.60. The molecule has 0 aromatic heterocycles. The van der Waals surface area contributed by atoms with Crippen molar-refractivity contribution >= 4 is 27.7 Å². The van der Waals surface area contributed by atoms with Crippen molar-refractivity contribution in [3.8, 4) is 0 Å². The molecular weight excluding hydrogens is 270 g/mol. The van der Waals surface area contributed by atoms with Crippen LogP contribution < -0.4 is 5.32 Å². The topological polar surface area (TPSA) is 12.0 Å². The van der Waals surface area contributed by atoms with Crippen LogP contribution in [0.15, 0.2) is 33.6 Å². The first kappa shape index (κ1) is 11.5. The van der Waals surface area contributed by atoms with Gasteiger partial charge in [-0.2, -0.15) is 0 Å². The van der Waals surface area contributed by atoms with Crippen molar-refractivity contribution in [3.63, 3.8) is 0 Å². The molecule has 82 valence electrons. The van der Waals surface area contributed by atoms with Crippen LogP contribution in [-0.2, 0) is 0 Å². The van der Waals surface area contributed by atoms with E-state index in [4.69, 9.17) is 0 Å². The van der Waals surface area contributed by atoms with Gasteiger partial charge in [0.25, 0.3) is 0 Å². The number of benzene rings is 1. The second-order valence-corrected chi connectivity index (χ2v) is 6.04. The van der Waals surface area contributed by atoms with Crippen molar-refractivity contribution < 1.29 is 0 Å². The van der Waals surface area contributed by atoms with E-state index < -0.39 is 0 Å². The summed E-state index contributed by atoms with van der Waals surface area (Å²) in [6, 6.07) is 8.49. The van der Waals surface area contributed by atoms with E-state index in [0.717, 1.165) is 18.2 Å². The lowest BCUT2D eigenvalue weighted by Crippen LogP contribution is -2.19. The minimum Gasteiger partial charge on any atom is -0.316 e. The van der Waals surface area contributed by atoms with Crippen LogP contribution in [0.25, 0.3) is 0 Å². The van der Waals surface area contributed by atoms with Gasteiger partial charge < -0.3 is 5.32 Å². The van der Waals surface area contributed by atoms with Crippen LogP contribution in [0.5, 0.6) is 0 Å². The predicted octanol–water partition coefficient (Wildman–Crippen LogP) is 3.54. The van der Waals surface area contributed by atoms with E-state index in [2.05, 4.69) is 45.5 Å². The van der Waals surface area contributed by atoms with E-state index in [1.807, 2.05) is 11.8 Å². The monoisotopic (exact) mass is 285 g/mol. The van der Waals surface area contributed by atoms with Gasteiger partial charge >= 0.3 is 0 Å². The zero-order valence-electron chi connectivity index (χ0n) is 8.71. The molecule has 15 heavy (non-hydrogen) atoms. The summed E-state index contributed by atoms with van der Waals surface area (Å²) in [6.45, 7) is 2.34. The molecule has 0 atom stereocenters. The molecule has 0 saturated heterocycles.